The SMILES string of the molecule is CNCCOCC(C)N. The maximum absolute atomic E-state index is 5.43. The Morgan fingerprint density at radius 3 is 2.78 bits per heavy atom. The Hall–Kier alpha value is -0.120. The molecule has 0 bridgehead atoms. The van der Waals surface area contributed by atoms with Gasteiger partial charge in [-0.2, -0.15) is 0 Å². The van der Waals surface area contributed by atoms with E-state index in [9.17, 15) is 0 Å². The van der Waals surface area contributed by atoms with E-state index in [4.69, 9.17) is 10.5 Å². The van der Waals surface area contributed by atoms with Crippen molar-refractivity contribution in [1.82, 2.24) is 5.32 Å². The molecule has 3 heteroatoms. The molecule has 0 aromatic rings. The number of hydrogen-bond acceptors (Lipinski definition) is 3. The molecule has 1 atom stereocenters. The zero-order valence-electron chi connectivity index (χ0n) is 6.18. The van der Waals surface area contributed by atoms with Crippen LogP contribution in [0.3, 0.4) is 0 Å². The summed E-state index contributed by atoms with van der Waals surface area (Å²) < 4.78 is 5.15. The third kappa shape index (κ3) is 7.88. The van der Waals surface area contributed by atoms with Crippen molar-refractivity contribution in [3.05, 3.63) is 0 Å². The van der Waals surface area contributed by atoms with Gasteiger partial charge in [0.15, 0.2) is 0 Å². The van der Waals surface area contributed by atoms with E-state index in [2.05, 4.69) is 5.32 Å². The highest BCUT2D eigenvalue weighted by Gasteiger charge is 1.91. The van der Waals surface area contributed by atoms with Crippen molar-refractivity contribution in [3.8, 4) is 0 Å². The summed E-state index contributed by atoms with van der Waals surface area (Å²) in [5, 5.41) is 2.98. The summed E-state index contributed by atoms with van der Waals surface area (Å²) in [6, 6.07) is 0.154. The zero-order chi connectivity index (χ0) is 7.11. The molecule has 0 radical (unpaired) electrons. The average Bonchev–Trinajstić information content (AvgIpc) is 1.80. The Morgan fingerprint density at radius 2 is 2.33 bits per heavy atom. The number of ether oxygens (including phenoxy) is 1. The van der Waals surface area contributed by atoms with E-state index in [1.54, 1.807) is 0 Å². The van der Waals surface area contributed by atoms with Gasteiger partial charge in [-0.1, -0.05) is 0 Å². The molecule has 1 unspecified atom stereocenters. The molecule has 0 aliphatic heterocycles. The van der Waals surface area contributed by atoms with E-state index < -0.39 is 0 Å². The van der Waals surface area contributed by atoms with E-state index in [1.807, 2.05) is 14.0 Å². The van der Waals surface area contributed by atoms with Gasteiger partial charge in [-0.15, -0.1) is 0 Å². The smallest absolute Gasteiger partial charge is 0.0615 e. The molecule has 0 aromatic heterocycles. The minimum atomic E-state index is 0.154. The van der Waals surface area contributed by atoms with E-state index in [0.717, 1.165) is 13.2 Å². The molecule has 3 nitrogen and oxygen atoms in total. The van der Waals surface area contributed by atoms with Crippen LogP contribution in [-0.2, 0) is 4.74 Å². The molecule has 0 aromatic carbocycles. The Bertz CT molecular complexity index is 57.0. The molecule has 3 N–H and O–H groups in total. The van der Waals surface area contributed by atoms with E-state index in [1.165, 1.54) is 0 Å². The molecular weight excluding hydrogens is 116 g/mol. The predicted octanol–water partition coefficient (Wildman–Crippen LogP) is -0.430. The van der Waals surface area contributed by atoms with Crippen LogP contribution in [0.1, 0.15) is 6.92 Å². The summed E-state index contributed by atoms with van der Waals surface area (Å²) in [6.07, 6.45) is 0. The first-order valence-electron chi connectivity index (χ1n) is 3.25. The van der Waals surface area contributed by atoms with Gasteiger partial charge >= 0.3 is 0 Å². The molecule has 9 heavy (non-hydrogen) atoms. The summed E-state index contributed by atoms with van der Waals surface area (Å²) >= 11 is 0. The van der Waals surface area contributed by atoms with Gasteiger partial charge in [0.2, 0.25) is 0 Å². The summed E-state index contributed by atoms with van der Waals surface area (Å²) in [5.41, 5.74) is 5.43. The first kappa shape index (κ1) is 8.88. The van der Waals surface area contributed by atoms with Gasteiger partial charge in [-0.3, -0.25) is 0 Å². The third-order valence-electron chi connectivity index (χ3n) is 0.877. The molecule has 56 valence electrons. The van der Waals surface area contributed by atoms with E-state index >= 15 is 0 Å². The number of likely N-dealkylation sites (N-methyl/N-ethyl adjacent to an activating group) is 1. The van der Waals surface area contributed by atoms with Crippen molar-refractivity contribution in [3.63, 3.8) is 0 Å². The van der Waals surface area contributed by atoms with Gasteiger partial charge in [0.1, 0.15) is 0 Å². The standard InChI is InChI=1S/C6H16N2O/c1-6(7)5-9-4-3-8-2/h6,8H,3-5,7H2,1-2H3. The van der Waals surface area contributed by atoms with Crippen molar-refractivity contribution >= 4 is 0 Å². The fraction of sp³-hybridized carbons (Fsp3) is 1.00. The Morgan fingerprint density at radius 1 is 1.67 bits per heavy atom. The van der Waals surface area contributed by atoms with Crippen molar-refractivity contribution < 1.29 is 4.74 Å². The summed E-state index contributed by atoms with van der Waals surface area (Å²) in [6.45, 7) is 4.23. The van der Waals surface area contributed by atoms with E-state index in [-0.39, 0.29) is 6.04 Å². The maximum atomic E-state index is 5.43. The lowest BCUT2D eigenvalue weighted by atomic mass is 10.4. The maximum Gasteiger partial charge on any atom is 0.0615 e. The predicted molar refractivity (Wildman–Crippen MR) is 38.4 cm³/mol. The van der Waals surface area contributed by atoms with Crippen molar-refractivity contribution in [2.75, 3.05) is 26.8 Å². The van der Waals surface area contributed by atoms with Gasteiger partial charge in [0.05, 0.1) is 13.2 Å². The minimum Gasteiger partial charge on any atom is -0.379 e. The summed E-state index contributed by atoms with van der Waals surface area (Å²) in [4.78, 5) is 0. The Balaban J connectivity index is 2.75. The lowest BCUT2D eigenvalue weighted by Crippen LogP contribution is -2.24. The van der Waals surface area contributed by atoms with Gasteiger partial charge in [-0.25, -0.2) is 0 Å². The van der Waals surface area contributed by atoms with E-state index in [0.29, 0.717) is 6.61 Å². The molecule has 0 aliphatic rings. The van der Waals surface area contributed by atoms with Crippen LogP contribution < -0.4 is 11.1 Å². The fourth-order valence-electron chi connectivity index (χ4n) is 0.443. The van der Waals surface area contributed by atoms with Crippen LogP contribution >= 0.6 is 0 Å². The highest BCUT2D eigenvalue weighted by molar-refractivity contribution is 4.48. The second kappa shape index (κ2) is 6.01. The van der Waals surface area contributed by atoms with Crippen molar-refractivity contribution in [2.24, 2.45) is 5.73 Å². The molecule has 0 rings (SSSR count). The van der Waals surface area contributed by atoms with Gasteiger partial charge in [0.25, 0.3) is 0 Å². The highest BCUT2D eigenvalue weighted by Crippen LogP contribution is 1.77. The molecule has 0 fully saturated rings. The number of hydrogen-bond donors (Lipinski definition) is 2. The molecule has 0 saturated heterocycles. The van der Waals surface area contributed by atoms with Crippen LogP contribution in [0.5, 0.6) is 0 Å². The normalized spacial score (nSPS) is 13.7. The summed E-state index contributed by atoms with van der Waals surface area (Å²) in [7, 11) is 1.90. The van der Waals surface area contributed by atoms with Gasteiger partial charge < -0.3 is 15.8 Å². The topological polar surface area (TPSA) is 47.3 Å². The average molecular weight is 132 g/mol. The van der Waals surface area contributed by atoms with Crippen LogP contribution in [0.4, 0.5) is 0 Å². The third-order valence-corrected chi connectivity index (χ3v) is 0.877. The molecule has 0 aliphatic carbocycles. The second-order valence-corrected chi connectivity index (χ2v) is 2.16. The lowest BCUT2D eigenvalue weighted by molar-refractivity contribution is 0.127. The first-order valence-corrected chi connectivity index (χ1v) is 3.25. The molecule has 0 spiro atoms. The number of rotatable bonds is 5. The van der Waals surface area contributed by atoms with Crippen LogP contribution in [-0.4, -0.2) is 32.8 Å². The first-order chi connectivity index (χ1) is 4.27. The minimum absolute atomic E-state index is 0.154. The number of nitrogens with one attached hydrogen (secondary N) is 1. The van der Waals surface area contributed by atoms with Crippen LogP contribution in [0.25, 0.3) is 0 Å². The van der Waals surface area contributed by atoms with Crippen LogP contribution in [0, 0.1) is 0 Å². The van der Waals surface area contributed by atoms with Gasteiger partial charge in [-0.05, 0) is 14.0 Å². The highest BCUT2D eigenvalue weighted by atomic mass is 16.5. The van der Waals surface area contributed by atoms with Crippen molar-refractivity contribution in [2.45, 2.75) is 13.0 Å². The Labute approximate surface area is 56.6 Å². The number of nitrogens with two attached hydrogens (primary N) is 1. The largest absolute Gasteiger partial charge is 0.379 e. The zero-order valence-corrected chi connectivity index (χ0v) is 6.18. The van der Waals surface area contributed by atoms with Crippen LogP contribution in [0.2, 0.25) is 0 Å². The lowest BCUT2D eigenvalue weighted by Gasteiger charge is -2.05. The second-order valence-electron chi connectivity index (χ2n) is 2.16. The quantitative estimate of drug-likeness (QED) is 0.499. The Kier molecular flexibility index (Phi) is 5.93. The molecular formula is C6H16N2O. The van der Waals surface area contributed by atoms with Crippen LogP contribution in [0.15, 0.2) is 0 Å². The molecule has 0 saturated carbocycles. The monoisotopic (exact) mass is 132 g/mol. The van der Waals surface area contributed by atoms with Gasteiger partial charge in [0, 0.05) is 12.6 Å². The summed E-state index contributed by atoms with van der Waals surface area (Å²) in [5.74, 6) is 0. The molecule has 0 heterocycles. The molecule has 0 amide bonds. The fourth-order valence-corrected chi connectivity index (χ4v) is 0.443. The van der Waals surface area contributed by atoms with Crippen molar-refractivity contribution in [1.29, 1.82) is 0 Å².